The van der Waals surface area contributed by atoms with E-state index >= 15 is 0 Å². The van der Waals surface area contributed by atoms with Crippen LogP contribution < -0.4 is 15.8 Å². The van der Waals surface area contributed by atoms with Crippen LogP contribution in [0.5, 0.6) is 5.75 Å². The molecule has 1 aromatic carbocycles. The summed E-state index contributed by atoms with van der Waals surface area (Å²) in [5, 5.41) is 3.16. The monoisotopic (exact) mass is 308 g/mol. The van der Waals surface area contributed by atoms with Crippen molar-refractivity contribution < 1.29 is 9.13 Å². The summed E-state index contributed by atoms with van der Waals surface area (Å²) in [6.07, 6.45) is 2.43. The molecule has 3 N–H and O–H groups in total. The zero-order chi connectivity index (χ0) is 15.9. The molecule has 5 nitrogen and oxygen atoms in total. The molecular weight excluding hydrogens is 283 g/mol. The number of hydrogen-bond acceptors (Lipinski definition) is 3. The Morgan fingerprint density at radius 1 is 1.55 bits per heavy atom. The van der Waals surface area contributed by atoms with Crippen LogP contribution in [0.2, 0.25) is 0 Å². The van der Waals surface area contributed by atoms with Gasteiger partial charge in [0.25, 0.3) is 0 Å². The molecule has 122 valence electrons. The number of hydrogen-bond donors (Lipinski definition) is 2. The Labute approximate surface area is 131 Å². The van der Waals surface area contributed by atoms with Gasteiger partial charge in [-0.3, -0.25) is 4.90 Å². The number of benzene rings is 1. The molecule has 0 aromatic heterocycles. The van der Waals surface area contributed by atoms with Gasteiger partial charge in [0.1, 0.15) is 0 Å². The van der Waals surface area contributed by atoms with Gasteiger partial charge >= 0.3 is 0 Å². The topological polar surface area (TPSA) is 62.9 Å². The van der Waals surface area contributed by atoms with E-state index in [9.17, 15) is 4.39 Å². The van der Waals surface area contributed by atoms with E-state index in [2.05, 4.69) is 22.1 Å². The predicted molar refractivity (Wildman–Crippen MR) is 86.6 cm³/mol. The molecule has 22 heavy (non-hydrogen) atoms. The highest BCUT2D eigenvalue weighted by Crippen LogP contribution is 2.18. The number of nitrogens with two attached hydrogens (primary N) is 1. The zero-order valence-electron chi connectivity index (χ0n) is 13.3. The average molecular weight is 308 g/mol. The molecule has 1 atom stereocenters. The Morgan fingerprint density at radius 3 is 3.05 bits per heavy atom. The van der Waals surface area contributed by atoms with E-state index in [4.69, 9.17) is 10.5 Å². The van der Waals surface area contributed by atoms with Crippen LogP contribution in [-0.2, 0) is 6.54 Å². The van der Waals surface area contributed by atoms with Crippen molar-refractivity contribution in [2.45, 2.75) is 32.4 Å². The van der Waals surface area contributed by atoms with Crippen LogP contribution in [-0.4, -0.2) is 43.6 Å². The van der Waals surface area contributed by atoms with Gasteiger partial charge in [0.15, 0.2) is 17.5 Å². The fourth-order valence-electron chi connectivity index (χ4n) is 2.81. The first kappa shape index (κ1) is 16.5. The summed E-state index contributed by atoms with van der Waals surface area (Å²) in [6.45, 7) is 5.55. The molecule has 0 saturated carbocycles. The van der Waals surface area contributed by atoms with E-state index in [1.54, 1.807) is 12.1 Å². The van der Waals surface area contributed by atoms with Crippen LogP contribution in [0.25, 0.3) is 0 Å². The third-order valence-corrected chi connectivity index (χ3v) is 4.07. The van der Waals surface area contributed by atoms with Gasteiger partial charge in [-0.05, 0) is 43.6 Å². The lowest BCUT2D eigenvalue weighted by Crippen LogP contribution is -2.42. The van der Waals surface area contributed by atoms with Gasteiger partial charge in [0, 0.05) is 12.6 Å². The van der Waals surface area contributed by atoms with E-state index in [0.29, 0.717) is 18.5 Å². The van der Waals surface area contributed by atoms with E-state index in [1.807, 2.05) is 0 Å². The summed E-state index contributed by atoms with van der Waals surface area (Å²) in [5.74, 6) is 0.255. The Morgan fingerprint density at radius 2 is 2.36 bits per heavy atom. The minimum Gasteiger partial charge on any atom is -0.494 e. The van der Waals surface area contributed by atoms with Crippen molar-refractivity contribution in [1.29, 1.82) is 0 Å². The van der Waals surface area contributed by atoms with Crippen molar-refractivity contribution in [3.8, 4) is 5.75 Å². The molecule has 0 spiro atoms. The van der Waals surface area contributed by atoms with Crippen LogP contribution in [0.15, 0.2) is 23.2 Å². The summed E-state index contributed by atoms with van der Waals surface area (Å²) in [5.41, 5.74) is 6.65. The lowest BCUT2D eigenvalue weighted by molar-refractivity contribution is 0.267. The summed E-state index contributed by atoms with van der Waals surface area (Å²) >= 11 is 0. The molecule has 1 aliphatic heterocycles. The van der Waals surface area contributed by atoms with Crippen LogP contribution >= 0.6 is 0 Å². The Bertz CT molecular complexity index is 521. The number of guanidine groups is 1. The maximum absolute atomic E-state index is 13.6. The van der Waals surface area contributed by atoms with Gasteiger partial charge in [-0.25, -0.2) is 9.38 Å². The van der Waals surface area contributed by atoms with Crippen molar-refractivity contribution >= 4 is 5.96 Å². The van der Waals surface area contributed by atoms with Crippen molar-refractivity contribution in [3.63, 3.8) is 0 Å². The molecule has 2 rings (SSSR count). The molecule has 1 heterocycles. The molecule has 0 radical (unpaired) electrons. The summed E-state index contributed by atoms with van der Waals surface area (Å²) in [4.78, 5) is 6.70. The number of likely N-dealkylation sites (N-methyl/N-ethyl adjacent to an activating group) is 1. The predicted octanol–water partition coefficient (Wildman–Crippen LogP) is 1.72. The van der Waals surface area contributed by atoms with E-state index < -0.39 is 0 Å². The number of nitrogens with zero attached hydrogens (tertiary/aromatic N) is 2. The minimum absolute atomic E-state index is 0.236. The van der Waals surface area contributed by atoms with Gasteiger partial charge < -0.3 is 15.8 Å². The first-order valence-corrected chi connectivity index (χ1v) is 7.74. The Hall–Kier alpha value is -1.82. The fraction of sp³-hybridized carbons (Fsp3) is 0.562. The van der Waals surface area contributed by atoms with Crippen LogP contribution in [0.4, 0.5) is 4.39 Å². The third-order valence-electron chi connectivity index (χ3n) is 4.07. The number of ether oxygens (including phenoxy) is 1. The summed E-state index contributed by atoms with van der Waals surface area (Å²) in [6, 6.07) is 5.33. The Kier molecular flexibility index (Phi) is 6.00. The second-order valence-electron chi connectivity index (χ2n) is 5.48. The molecule has 1 unspecified atom stereocenters. The third kappa shape index (κ3) is 4.34. The molecule has 1 aromatic rings. The highest BCUT2D eigenvalue weighted by Gasteiger charge is 2.22. The second-order valence-corrected chi connectivity index (χ2v) is 5.48. The van der Waals surface area contributed by atoms with Crippen LogP contribution in [0.3, 0.4) is 0 Å². The summed E-state index contributed by atoms with van der Waals surface area (Å²) in [7, 11) is 1.45. The summed E-state index contributed by atoms with van der Waals surface area (Å²) < 4.78 is 18.5. The van der Waals surface area contributed by atoms with Crippen molar-refractivity contribution in [2.75, 3.05) is 26.7 Å². The second kappa shape index (κ2) is 7.98. The van der Waals surface area contributed by atoms with Crippen molar-refractivity contribution in [2.24, 2.45) is 10.7 Å². The number of rotatable bonds is 6. The molecule has 1 saturated heterocycles. The number of methoxy groups -OCH3 is 1. The largest absolute Gasteiger partial charge is 0.494 e. The lowest BCUT2D eigenvalue weighted by atomic mass is 10.2. The maximum Gasteiger partial charge on any atom is 0.188 e. The standard InChI is InChI=1S/C16H25FN4O/c1-3-21-8-4-5-13(21)11-20-16(18)19-10-12-6-7-15(22-2)14(17)9-12/h6-7,9,13H,3-5,8,10-11H2,1-2H3,(H3,18,19,20). The van der Waals surface area contributed by atoms with Gasteiger partial charge in [-0.2, -0.15) is 0 Å². The first-order valence-electron chi connectivity index (χ1n) is 7.74. The van der Waals surface area contributed by atoms with Gasteiger partial charge in [0.05, 0.1) is 13.7 Å². The van der Waals surface area contributed by atoms with Gasteiger partial charge in [0.2, 0.25) is 0 Å². The molecule has 1 aliphatic rings. The average Bonchev–Trinajstić information content (AvgIpc) is 2.98. The number of aliphatic imine (C=N–C) groups is 1. The number of nitrogens with one attached hydrogen (secondary N) is 1. The van der Waals surface area contributed by atoms with E-state index in [1.165, 1.54) is 26.0 Å². The molecule has 1 fully saturated rings. The van der Waals surface area contributed by atoms with Crippen molar-refractivity contribution in [1.82, 2.24) is 10.2 Å². The smallest absolute Gasteiger partial charge is 0.188 e. The number of likely N-dealkylation sites (tertiary alicyclic amines) is 1. The van der Waals surface area contributed by atoms with Crippen LogP contribution in [0, 0.1) is 5.82 Å². The SMILES string of the molecule is CCN1CCCC1CNC(N)=NCc1ccc(OC)c(F)c1. The first-order chi connectivity index (χ1) is 10.6. The Balaban J connectivity index is 1.83. The highest BCUT2D eigenvalue weighted by molar-refractivity contribution is 5.77. The van der Waals surface area contributed by atoms with Gasteiger partial charge in [-0.15, -0.1) is 0 Å². The van der Waals surface area contributed by atoms with E-state index in [-0.39, 0.29) is 11.6 Å². The quantitative estimate of drug-likeness (QED) is 0.620. The van der Waals surface area contributed by atoms with Crippen molar-refractivity contribution in [3.05, 3.63) is 29.6 Å². The molecule has 6 heteroatoms. The fourth-order valence-corrected chi connectivity index (χ4v) is 2.81. The normalized spacial score (nSPS) is 19.4. The van der Waals surface area contributed by atoms with Crippen LogP contribution in [0.1, 0.15) is 25.3 Å². The lowest BCUT2D eigenvalue weighted by Gasteiger charge is -2.23. The van der Waals surface area contributed by atoms with E-state index in [0.717, 1.165) is 25.2 Å². The molecule has 0 amide bonds. The molecule has 0 bridgehead atoms. The van der Waals surface area contributed by atoms with Gasteiger partial charge in [-0.1, -0.05) is 13.0 Å². The molecular formula is C16H25FN4O. The number of halogens is 1. The minimum atomic E-state index is -0.383. The zero-order valence-corrected chi connectivity index (χ0v) is 13.3. The highest BCUT2D eigenvalue weighted by atomic mass is 19.1. The maximum atomic E-state index is 13.6. The molecule has 0 aliphatic carbocycles.